The summed E-state index contributed by atoms with van der Waals surface area (Å²) in [6.07, 6.45) is 1.77. The van der Waals surface area contributed by atoms with Crippen molar-refractivity contribution in [1.82, 2.24) is 20.0 Å². The first-order valence-electron chi connectivity index (χ1n) is 4.70. The van der Waals surface area contributed by atoms with Crippen molar-refractivity contribution in [3.05, 3.63) is 18.3 Å². The van der Waals surface area contributed by atoms with Gasteiger partial charge in [0.15, 0.2) is 5.65 Å². The molecule has 0 fully saturated rings. The third-order valence-electron chi connectivity index (χ3n) is 1.90. The number of hydrogen-bond donors (Lipinski definition) is 0. The average Bonchev–Trinajstić information content (AvgIpc) is 2.47. The maximum Gasteiger partial charge on any atom is 0.178 e. The van der Waals surface area contributed by atoms with E-state index in [0.717, 1.165) is 17.7 Å². The molecule has 0 unspecified atom stereocenters. The van der Waals surface area contributed by atoms with Crippen molar-refractivity contribution in [1.29, 1.82) is 0 Å². The summed E-state index contributed by atoms with van der Waals surface area (Å²) in [6, 6.07) is 3.80. The fourth-order valence-corrected chi connectivity index (χ4v) is 1.37. The SMILES string of the molecule is CC(C)(C)Cn1nnc2cccnc21. The second-order valence-electron chi connectivity index (χ2n) is 4.65. The van der Waals surface area contributed by atoms with Crippen molar-refractivity contribution in [3.63, 3.8) is 0 Å². The predicted molar refractivity (Wildman–Crippen MR) is 54.8 cm³/mol. The first kappa shape index (κ1) is 9.12. The number of hydrogen-bond acceptors (Lipinski definition) is 3. The highest BCUT2D eigenvalue weighted by molar-refractivity contribution is 5.68. The Kier molecular flexibility index (Phi) is 1.98. The monoisotopic (exact) mass is 190 g/mol. The van der Waals surface area contributed by atoms with E-state index in [1.54, 1.807) is 6.20 Å². The summed E-state index contributed by atoms with van der Waals surface area (Å²) in [7, 11) is 0. The molecule has 0 N–H and O–H groups in total. The smallest absolute Gasteiger partial charge is 0.178 e. The maximum absolute atomic E-state index is 4.26. The third-order valence-corrected chi connectivity index (χ3v) is 1.90. The van der Waals surface area contributed by atoms with Crippen molar-refractivity contribution in [2.45, 2.75) is 27.3 Å². The molecule has 0 radical (unpaired) electrons. The molecular weight excluding hydrogens is 176 g/mol. The van der Waals surface area contributed by atoms with Crippen LogP contribution in [0.15, 0.2) is 18.3 Å². The second-order valence-corrected chi connectivity index (χ2v) is 4.65. The van der Waals surface area contributed by atoms with Crippen molar-refractivity contribution in [3.8, 4) is 0 Å². The third kappa shape index (κ3) is 1.73. The van der Waals surface area contributed by atoms with Crippen LogP contribution in [0.2, 0.25) is 0 Å². The van der Waals surface area contributed by atoms with Gasteiger partial charge in [0.25, 0.3) is 0 Å². The molecule has 0 saturated heterocycles. The first-order valence-corrected chi connectivity index (χ1v) is 4.70. The normalized spacial score (nSPS) is 12.2. The molecule has 0 saturated carbocycles. The number of rotatable bonds is 1. The molecule has 74 valence electrons. The molecule has 0 bridgehead atoms. The van der Waals surface area contributed by atoms with Gasteiger partial charge in [-0.25, -0.2) is 9.67 Å². The Bertz CT molecular complexity index is 439. The van der Waals surface area contributed by atoms with Crippen LogP contribution in [0.25, 0.3) is 11.2 Å². The molecule has 0 atom stereocenters. The van der Waals surface area contributed by atoms with Crippen LogP contribution in [0.4, 0.5) is 0 Å². The van der Waals surface area contributed by atoms with Gasteiger partial charge < -0.3 is 0 Å². The highest BCUT2D eigenvalue weighted by Crippen LogP contribution is 2.17. The van der Waals surface area contributed by atoms with Crippen molar-refractivity contribution in [2.24, 2.45) is 5.41 Å². The van der Waals surface area contributed by atoms with Crippen LogP contribution in [0.5, 0.6) is 0 Å². The van der Waals surface area contributed by atoms with Gasteiger partial charge in [-0.3, -0.25) is 0 Å². The van der Waals surface area contributed by atoms with E-state index in [1.165, 1.54) is 0 Å². The summed E-state index contributed by atoms with van der Waals surface area (Å²) in [4.78, 5) is 4.26. The topological polar surface area (TPSA) is 43.6 Å². The van der Waals surface area contributed by atoms with Gasteiger partial charge in [-0.2, -0.15) is 0 Å². The predicted octanol–water partition coefficient (Wildman–Crippen LogP) is 1.87. The number of pyridine rings is 1. The fourth-order valence-electron chi connectivity index (χ4n) is 1.37. The Morgan fingerprint density at radius 3 is 2.86 bits per heavy atom. The maximum atomic E-state index is 4.26. The molecule has 4 nitrogen and oxygen atoms in total. The van der Waals surface area contributed by atoms with E-state index in [2.05, 4.69) is 36.1 Å². The molecule has 0 aliphatic carbocycles. The van der Waals surface area contributed by atoms with Crippen molar-refractivity contribution in [2.75, 3.05) is 0 Å². The van der Waals surface area contributed by atoms with E-state index in [1.807, 2.05) is 16.8 Å². The summed E-state index contributed by atoms with van der Waals surface area (Å²) in [5, 5.41) is 8.14. The van der Waals surface area contributed by atoms with Gasteiger partial charge in [-0.1, -0.05) is 26.0 Å². The van der Waals surface area contributed by atoms with Gasteiger partial charge in [0.1, 0.15) is 5.52 Å². The van der Waals surface area contributed by atoms with Crippen molar-refractivity contribution < 1.29 is 0 Å². The molecule has 0 spiro atoms. The average molecular weight is 190 g/mol. The van der Waals surface area contributed by atoms with Gasteiger partial charge in [-0.05, 0) is 17.5 Å². The van der Waals surface area contributed by atoms with Crippen LogP contribution in [0.1, 0.15) is 20.8 Å². The molecule has 0 aliphatic rings. The molecule has 14 heavy (non-hydrogen) atoms. The van der Waals surface area contributed by atoms with E-state index in [0.29, 0.717) is 0 Å². The quantitative estimate of drug-likeness (QED) is 0.689. The number of fused-ring (bicyclic) bond motifs is 1. The first-order chi connectivity index (χ1) is 6.56. The van der Waals surface area contributed by atoms with Gasteiger partial charge in [0.2, 0.25) is 0 Å². The van der Waals surface area contributed by atoms with Crippen LogP contribution < -0.4 is 0 Å². The lowest BCUT2D eigenvalue weighted by atomic mass is 9.97. The van der Waals surface area contributed by atoms with Gasteiger partial charge in [-0.15, -0.1) is 5.10 Å². The van der Waals surface area contributed by atoms with Crippen molar-refractivity contribution >= 4 is 11.2 Å². The summed E-state index contributed by atoms with van der Waals surface area (Å²) in [5.41, 5.74) is 1.91. The largest absolute Gasteiger partial charge is 0.235 e. The lowest BCUT2D eigenvalue weighted by molar-refractivity contribution is 0.326. The minimum atomic E-state index is 0.193. The number of aromatic nitrogens is 4. The Morgan fingerprint density at radius 2 is 2.14 bits per heavy atom. The Labute approximate surface area is 83.0 Å². The van der Waals surface area contributed by atoms with Gasteiger partial charge >= 0.3 is 0 Å². The van der Waals surface area contributed by atoms with E-state index >= 15 is 0 Å². The molecule has 0 amide bonds. The van der Waals surface area contributed by atoms with Crippen LogP contribution in [-0.2, 0) is 6.54 Å². The minimum Gasteiger partial charge on any atom is -0.235 e. The zero-order valence-electron chi connectivity index (χ0n) is 8.73. The highest BCUT2D eigenvalue weighted by atomic mass is 15.4. The summed E-state index contributed by atoms with van der Waals surface area (Å²) < 4.78 is 1.86. The van der Waals surface area contributed by atoms with E-state index in [9.17, 15) is 0 Å². The lowest BCUT2D eigenvalue weighted by Crippen LogP contribution is -2.16. The van der Waals surface area contributed by atoms with E-state index in [4.69, 9.17) is 0 Å². The molecule has 0 aromatic carbocycles. The fraction of sp³-hybridized carbons (Fsp3) is 0.500. The molecule has 2 rings (SSSR count). The van der Waals surface area contributed by atoms with Gasteiger partial charge in [0.05, 0.1) is 0 Å². The van der Waals surface area contributed by atoms with Gasteiger partial charge in [0, 0.05) is 12.7 Å². The molecular formula is C10H14N4. The second kappa shape index (κ2) is 3.04. The van der Waals surface area contributed by atoms with E-state index in [-0.39, 0.29) is 5.41 Å². The van der Waals surface area contributed by atoms with Crippen LogP contribution in [0, 0.1) is 5.41 Å². The standard InChI is InChI=1S/C10H14N4/c1-10(2,3)7-14-9-8(12-13-14)5-4-6-11-9/h4-6H,7H2,1-3H3. The summed E-state index contributed by atoms with van der Waals surface area (Å²) in [6.45, 7) is 7.34. The molecule has 2 heterocycles. The molecule has 2 aromatic heterocycles. The number of nitrogens with zero attached hydrogens (tertiary/aromatic N) is 4. The Morgan fingerprint density at radius 1 is 1.36 bits per heavy atom. The van der Waals surface area contributed by atoms with Crippen LogP contribution in [-0.4, -0.2) is 20.0 Å². The summed E-state index contributed by atoms with van der Waals surface area (Å²) >= 11 is 0. The highest BCUT2D eigenvalue weighted by Gasteiger charge is 2.14. The van der Waals surface area contributed by atoms with Crippen LogP contribution >= 0.6 is 0 Å². The summed E-state index contributed by atoms with van der Waals surface area (Å²) in [5.74, 6) is 0. The zero-order chi connectivity index (χ0) is 10.2. The lowest BCUT2D eigenvalue weighted by Gasteiger charge is -2.17. The zero-order valence-corrected chi connectivity index (χ0v) is 8.73. The molecule has 0 aliphatic heterocycles. The van der Waals surface area contributed by atoms with E-state index < -0.39 is 0 Å². The molecule has 2 aromatic rings. The Balaban J connectivity index is 2.44. The Hall–Kier alpha value is -1.45. The van der Waals surface area contributed by atoms with Crippen LogP contribution in [0.3, 0.4) is 0 Å². The minimum absolute atomic E-state index is 0.193. The molecule has 4 heteroatoms.